The van der Waals surface area contributed by atoms with E-state index >= 15 is 0 Å². The van der Waals surface area contributed by atoms with Gasteiger partial charge in [0.05, 0.1) is 19.8 Å². The molecule has 0 aliphatic carbocycles. The maximum Gasteiger partial charge on any atom is 0.257 e. The lowest BCUT2D eigenvalue weighted by Crippen LogP contribution is -2.36. The molecule has 1 fully saturated rings. The van der Waals surface area contributed by atoms with Gasteiger partial charge in [-0.1, -0.05) is 30.3 Å². The van der Waals surface area contributed by atoms with Gasteiger partial charge in [0.2, 0.25) is 0 Å². The molecule has 2 aromatic carbocycles. The Morgan fingerprint density at radius 1 is 0.939 bits per heavy atom. The molecule has 0 atom stereocenters. The van der Waals surface area contributed by atoms with Crippen LogP contribution in [0.2, 0.25) is 0 Å². The fourth-order valence-electron chi connectivity index (χ4n) is 4.09. The lowest BCUT2D eigenvalue weighted by molar-refractivity contribution is 0.0725. The summed E-state index contributed by atoms with van der Waals surface area (Å²) in [6, 6.07) is 15.0. The quantitative estimate of drug-likeness (QED) is 0.514. The lowest BCUT2D eigenvalue weighted by atomic mass is 10.0. The molecule has 0 radical (unpaired) electrons. The normalized spacial score (nSPS) is 13.5. The molecule has 1 aromatic heterocycles. The van der Waals surface area contributed by atoms with Crippen LogP contribution in [0.15, 0.2) is 48.5 Å². The van der Waals surface area contributed by atoms with Crippen LogP contribution in [0.5, 0.6) is 11.5 Å². The van der Waals surface area contributed by atoms with E-state index in [1.54, 1.807) is 32.4 Å². The van der Waals surface area contributed by atoms with E-state index in [-0.39, 0.29) is 11.8 Å². The maximum absolute atomic E-state index is 13.5. The summed E-state index contributed by atoms with van der Waals surface area (Å²) in [7, 11) is 3.08. The van der Waals surface area contributed by atoms with Gasteiger partial charge in [-0.3, -0.25) is 9.59 Å². The maximum atomic E-state index is 13.5. The van der Waals surface area contributed by atoms with Crippen LogP contribution >= 0.6 is 11.3 Å². The van der Waals surface area contributed by atoms with Gasteiger partial charge in [-0.2, -0.15) is 0 Å². The predicted octanol–water partition coefficient (Wildman–Crippen LogP) is 5.62. The molecule has 2 amide bonds. The van der Waals surface area contributed by atoms with E-state index in [1.807, 2.05) is 42.2 Å². The van der Waals surface area contributed by atoms with Gasteiger partial charge in [0.15, 0.2) is 0 Å². The zero-order valence-corrected chi connectivity index (χ0v) is 20.0. The highest BCUT2D eigenvalue weighted by molar-refractivity contribution is 7.20. The summed E-state index contributed by atoms with van der Waals surface area (Å²) >= 11 is 1.43. The molecular formula is C26H28N2O4S. The second-order valence-electron chi connectivity index (χ2n) is 8.03. The molecular weight excluding hydrogens is 436 g/mol. The van der Waals surface area contributed by atoms with Gasteiger partial charge in [-0.15, -0.1) is 11.3 Å². The number of hydrogen-bond donors (Lipinski definition) is 1. The minimum absolute atomic E-state index is 0.0239. The Morgan fingerprint density at radius 3 is 2.18 bits per heavy atom. The number of rotatable bonds is 6. The van der Waals surface area contributed by atoms with Crippen LogP contribution in [0.1, 0.15) is 45.5 Å². The van der Waals surface area contributed by atoms with E-state index in [2.05, 4.69) is 5.32 Å². The standard InChI is InChI=1S/C26H28N2O4S/c1-17-22(26(30)28-12-8-5-9-13-28)25(33-23(17)18-10-6-4-7-11-18)27-24(29)19-14-20(31-2)16-21(15-19)32-3/h4,6-7,10-11,14-16H,5,8-9,12-13H2,1-3H3,(H,27,29). The van der Waals surface area contributed by atoms with Crippen LogP contribution in [0.25, 0.3) is 10.4 Å². The topological polar surface area (TPSA) is 67.9 Å². The highest BCUT2D eigenvalue weighted by Gasteiger charge is 2.28. The second kappa shape index (κ2) is 10.1. The molecule has 1 N–H and O–H groups in total. The number of piperidine rings is 1. The highest BCUT2D eigenvalue weighted by atomic mass is 32.1. The highest BCUT2D eigenvalue weighted by Crippen LogP contribution is 2.41. The summed E-state index contributed by atoms with van der Waals surface area (Å²) in [6.45, 7) is 3.45. The van der Waals surface area contributed by atoms with Crippen LogP contribution in [0.4, 0.5) is 5.00 Å². The van der Waals surface area contributed by atoms with Crippen molar-refractivity contribution >= 4 is 28.2 Å². The van der Waals surface area contributed by atoms with Crippen molar-refractivity contribution in [1.29, 1.82) is 0 Å². The van der Waals surface area contributed by atoms with E-state index in [4.69, 9.17) is 9.47 Å². The van der Waals surface area contributed by atoms with Crippen LogP contribution in [-0.2, 0) is 0 Å². The minimum atomic E-state index is -0.319. The fourth-order valence-corrected chi connectivity index (χ4v) is 5.29. The Balaban J connectivity index is 1.73. The van der Waals surface area contributed by atoms with Crippen molar-refractivity contribution in [3.8, 4) is 21.9 Å². The third kappa shape index (κ3) is 4.88. The molecule has 33 heavy (non-hydrogen) atoms. The number of carbonyl (C=O) groups is 2. The summed E-state index contributed by atoms with van der Waals surface area (Å²) in [5, 5.41) is 3.57. The molecule has 1 saturated heterocycles. The molecule has 0 bridgehead atoms. The first-order valence-corrected chi connectivity index (χ1v) is 11.9. The van der Waals surface area contributed by atoms with Crippen LogP contribution in [-0.4, -0.2) is 44.0 Å². The summed E-state index contributed by atoms with van der Waals surface area (Å²) in [5.74, 6) is 0.706. The second-order valence-corrected chi connectivity index (χ2v) is 9.06. The summed E-state index contributed by atoms with van der Waals surface area (Å²) in [4.78, 5) is 29.6. The molecule has 172 valence electrons. The number of anilines is 1. The van der Waals surface area contributed by atoms with Crippen molar-refractivity contribution in [2.24, 2.45) is 0 Å². The predicted molar refractivity (Wildman–Crippen MR) is 132 cm³/mol. The molecule has 1 aliphatic heterocycles. The number of thiophene rings is 1. The Bertz CT molecular complexity index is 1130. The third-order valence-corrected chi connectivity index (χ3v) is 7.14. The van der Waals surface area contributed by atoms with E-state index in [0.717, 1.165) is 48.4 Å². The van der Waals surface area contributed by atoms with Crippen LogP contribution in [0, 0.1) is 6.92 Å². The van der Waals surface area contributed by atoms with Crippen molar-refractivity contribution in [2.75, 3.05) is 32.6 Å². The van der Waals surface area contributed by atoms with E-state index in [9.17, 15) is 9.59 Å². The average molecular weight is 465 g/mol. The SMILES string of the molecule is COc1cc(OC)cc(C(=O)Nc2sc(-c3ccccc3)c(C)c2C(=O)N2CCCCC2)c1. The van der Waals surface area contributed by atoms with Crippen molar-refractivity contribution in [3.63, 3.8) is 0 Å². The number of amides is 2. The molecule has 7 heteroatoms. The van der Waals surface area contributed by atoms with Gasteiger partial charge in [-0.25, -0.2) is 0 Å². The van der Waals surface area contributed by atoms with Crippen molar-refractivity contribution in [3.05, 3.63) is 65.2 Å². The van der Waals surface area contributed by atoms with Gasteiger partial charge < -0.3 is 19.7 Å². The number of likely N-dealkylation sites (tertiary alicyclic amines) is 1. The van der Waals surface area contributed by atoms with Crippen molar-refractivity contribution < 1.29 is 19.1 Å². The zero-order valence-electron chi connectivity index (χ0n) is 19.1. The Labute approximate surface area is 198 Å². The van der Waals surface area contributed by atoms with E-state index < -0.39 is 0 Å². The molecule has 0 spiro atoms. The molecule has 6 nitrogen and oxygen atoms in total. The summed E-state index contributed by atoms with van der Waals surface area (Å²) in [6.07, 6.45) is 3.15. The Hall–Kier alpha value is -3.32. The lowest BCUT2D eigenvalue weighted by Gasteiger charge is -2.27. The van der Waals surface area contributed by atoms with Gasteiger partial charge >= 0.3 is 0 Å². The van der Waals surface area contributed by atoms with Crippen LogP contribution in [0.3, 0.4) is 0 Å². The average Bonchev–Trinajstić information content (AvgIpc) is 3.19. The number of nitrogens with zero attached hydrogens (tertiary/aromatic N) is 1. The van der Waals surface area contributed by atoms with Gasteiger partial charge in [-0.05, 0) is 49.4 Å². The first-order chi connectivity index (χ1) is 16.0. The smallest absolute Gasteiger partial charge is 0.257 e. The molecule has 3 aromatic rings. The monoisotopic (exact) mass is 464 g/mol. The van der Waals surface area contributed by atoms with E-state index in [1.165, 1.54) is 11.3 Å². The summed E-state index contributed by atoms with van der Waals surface area (Å²) < 4.78 is 10.6. The molecule has 0 saturated carbocycles. The molecule has 2 heterocycles. The first kappa shape index (κ1) is 22.9. The number of carbonyl (C=O) groups excluding carboxylic acids is 2. The largest absolute Gasteiger partial charge is 0.497 e. The summed E-state index contributed by atoms with van der Waals surface area (Å²) in [5.41, 5.74) is 2.88. The van der Waals surface area contributed by atoms with Crippen LogP contribution < -0.4 is 14.8 Å². The number of methoxy groups -OCH3 is 2. The molecule has 1 aliphatic rings. The number of hydrogen-bond acceptors (Lipinski definition) is 5. The van der Waals surface area contributed by atoms with E-state index in [0.29, 0.717) is 27.6 Å². The third-order valence-electron chi connectivity index (χ3n) is 5.88. The zero-order chi connectivity index (χ0) is 23.4. The molecule has 0 unspecified atom stereocenters. The van der Waals surface area contributed by atoms with Crippen molar-refractivity contribution in [1.82, 2.24) is 4.90 Å². The minimum Gasteiger partial charge on any atom is -0.497 e. The van der Waals surface area contributed by atoms with Gasteiger partial charge in [0.1, 0.15) is 16.5 Å². The van der Waals surface area contributed by atoms with Crippen molar-refractivity contribution in [2.45, 2.75) is 26.2 Å². The Morgan fingerprint density at radius 2 is 1.58 bits per heavy atom. The first-order valence-electron chi connectivity index (χ1n) is 11.0. The number of benzene rings is 2. The fraction of sp³-hybridized carbons (Fsp3) is 0.308. The van der Waals surface area contributed by atoms with Gasteiger partial charge in [0, 0.05) is 29.6 Å². The van der Waals surface area contributed by atoms with Gasteiger partial charge in [0.25, 0.3) is 11.8 Å². The number of nitrogens with one attached hydrogen (secondary N) is 1. The number of ether oxygens (including phenoxy) is 2. The Kier molecular flexibility index (Phi) is 6.99. The molecule has 4 rings (SSSR count).